The summed E-state index contributed by atoms with van der Waals surface area (Å²) in [5.74, 6) is 0.229. The Morgan fingerprint density at radius 2 is 2.25 bits per heavy atom. The molecular formula is C10H10N4O2. The average molecular weight is 218 g/mol. The van der Waals surface area contributed by atoms with E-state index in [0.29, 0.717) is 17.1 Å². The molecule has 2 aromatic rings. The van der Waals surface area contributed by atoms with Crippen molar-refractivity contribution in [2.75, 3.05) is 11.1 Å². The Labute approximate surface area is 91.5 Å². The molecule has 0 spiro atoms. The lowest BCUT2D eigenvalue weighted by molar-refractivity contribution is 0.0987. The SMILES string of the molecule is Cc1cnoc1C(=O)Nc1ccc(N)nc1. The first-order valence-corrected chi connectivity index (χ1v) is 4.61. The Kier molecular flexibility index (Phi) is 2.55. The summed E-state index contributed by atoms with van der Waals surface area (Å²) < 4.78 is 4.81. The van der Waals surface area contributed by atoms with E-state index >= 15 is 0 Å². The summed E-state index contributed by atoms with van der Waals surface area (Å²) in [7, 11) is 0. The maximum atomic E-state index is 11.7. The zero-order valence-electron chi connectivity index (χ0n) is 8.60. The van der Waals surface area contributed by atoms with Crippen LogP contribution in [0.5, 0.6) is 0 Å². The third-order valence-corrected chi connectivity index (χ3v) is 2.00. The zero-order chi connectivity index (χ0) is 11.5. The summed E-state index contributed by atoms with van der Waals surface area (Å²) >= 11 is 0. The van der Waals surface area contributed by atoms with Gasteiger partial charge in [-0.3, -0.25) is 4.79 Å². The Hall–Kier alpha value is -2.37. The van der Waals surface area contributed by atoms with Gasteiger partial charge in [0.1, 0.15) is 5.82 Å². The van der Waals surface area contributed by atoms with Crippen molar-refractivity contribution in [1.29, 1.82) is 0 Å². The predicted octanol–water partition coefficient (Wildman–Crippen LogP) is 1.21. The number of nitrogens with zero attached hydrogens (tertiary/aromatic N) is 2. The van der Waals surface area contributed by atoms with Crippen LogP contribution < -0.4 is 11.1 Å². The molecule has 0 aliphatic rings. The second-order valence-electron chi connectivity index (χ2n) is 3.26. The normalized spacial score (nSPS) is 10.1. The van der Waals surface area contributed by atoms with Crippen molar-refractivity contribution in [3.8, 4) is 0 Å². The molecule has 2 heterocycles. The first kappa shape index (κ1) is 10.2. The number of anilines is 2. The highest BCUT2D eigenvalue weighted by atomic mass is 16.5. The van der Waals surface area contributed by atoms with Crippen molar-refractivity contribution in [2.24, 2.45) is 0 Å². The lowest BCUT2D eigenvalue weighted by Crippen LogP contribution is -2.12. The van der Waals surface area contributed by atoms with Gasteiger partial charge in [-0.05, 0) is 19.1 Å². The number of nitrogens with one attached hydrogen (secondary N) is 1. The molecule has 2 rings (SSSR count). The van der Waals surface area contributed by atoms with E-state index in [1.165, 1.54) is 12.4 Å². The second-order valence-corrected chi connectivity index (χ2v) is 3.26. The molecule has 0 saturated heterocycles. The lowest BCUT2D eigenvalue weighted by atomic mass is 10.3. The maximum absolute atomic E-state index is 11.7. The van der Waals surface area contributed by atoms with Crippen LogP contribution in [0.15, 0.2) is 29.0 Å². The number of aromatic nitrogens is 2. The monoisotopic (exact) mass is 218 g/mol. The molecule has 6 heteroatoms. The topological polar surface area (TPSA) is 94.0 Å². The van der Waals surface area contributed by atoms with Crippen LogP contribution >= 0.6 is 0 Å². The summed E-state index contributed by atoms with van der Waals surface area (Å²) in [6.07, 6.45) is 2.95. The number of hydrogen-bond acceptors (Lipinski definition) is 5. The van der Waals surface area contributed by atoms with Crippen LogP contribution in [0.3, 0.4) is 0 Å². The van der Waals surface area contributed by atoms with Gasteiger partial charge in [-0.1, -0.05) is 5.16 Å². The van der Waals surface area contributed by atoms with E-state index in [1.807, 2.05) is 0 Å². The first-order chi connectivity index (χ1) is 7.66. The molecule has 2 aromatic heterocycles. The number of hydrogen-bond donors (Lipinski definition) is 2. The van der Waals surface area contributed by atoms with E-state index in [4.69, 9.17) is 10.3 Å². The van der Waals surface area contributed by atoms with Gasteiger partial charge in [0.2, 0.25) is 5.76 Å². The van der Waals surface area contributed by atoms with E-state index in [9.17, 15) is 4.79 Å². The predicted molar refractivity (Wildman–Crippen MR) is 57.8 cm³/mol. The Bertz CT molecular complexity index is 504. The highest BCUT2D eigenvalue weighted by Gasteiger charge is 2.13. The van der Waals surface area contributed by atoms with E-state index in [2.05, 4.69) is 15.5 Å². The number of pyridine rings is 1. The highest BCUT2D eigenvalue weighted by molar-refractivity contribution is 6.02. The zero-order valence-corrected chi connectivity index (χ0v) is 8.60. The van der Waals surface area contributed by atoms with Crippen LogP contribution in [0.2, 0.25) is 0 Å². The van der Waals surface area contributed by atoms with Gasteiger partial charge in [-0.15, -0.1) is 0 Å². The maximum Gasteiger partial charge on any atom is 0.294 e. The van der Waals surface area contributed by atoms with Crippen LogP contribution in [0.4, 0.5) is 11.5 Å². The van der Waals surface area contributed by atoms with Gasteiger partial charge in [0.25, 0.3) is 5.91 Å². The Balaban J connectivity index is 2.14. The summed E-state index contributed by atoms with van der Waals surface area (Å²) in [4.78, 5) is 15.5. The third kappa shape index (κ3) is 2.00. The number of aryl methyl sites for hydroxylation is 1. The van der Waals surface area contributed by atoms with Crippen LogP contribution in [-0.2, 0) is 0 Å². The summed E-state index contributed by atoms with van der Waals surface area (Å²) in [6, 6.07) is 3.26. The smallest absolute Gasteiger partial charge is 0.294 e. The molecule has 82 valence electrons. The molecule has 0 atom stereocenters. The summed E-state index contributed by atoms with van der Waals surface area (Å²) in [6.45, 7) is 1.74. The number of nitrogen functional groups attached to an aromatic ring is 1. The van der Waals surface area contributed by atoms with Crippen LogP contribution in [0, 0.1) is 6.92 Å². The third-order valence-electron chi connectivity index (χ3n) is 2.00. The fraction of sp³-hybridized carbons (Fsp3) is 0.100. The molecule has 6 nitrogen and oxygen atoms in total. The van der Waals surface area contributed by atoms with Crippen molar-refractivity contribution in [3.63, 3.8) is 0 Å². The highest BCUT2D eigenvalue weighted by Crippen LogP contribution is 2.11. The molecule has 0 aliphatic heterocycles. The minimum absolute atomic E-state index is 0.192. The van der Waals surface area contributed by atoms with Crippen molar-refractivity contribution in [3.05, 3.63) is 35.9 Å². The van der Waals surface area contributed by atoms with Crippen LogP contribution in [0.25, 0.3) is 0 Å². The quantitative estimate of drug-likeness (QED) is 0.790. The molecule has 0 saturated carbocycles. The Morgan fingerprint density at radius 3 is 2.81 bits per heavy atom. The molecule has 3 N–H and O–H groups in total. The van der Waals surface area contributed by atoms with Gasteiger partial charge in [-0.25, -0.2) is 4.98 Å². The Morgan fingerprint density at radius 1 is 1.44 bits per heavy atom. The molecule has 0 radical (unpaired) electrons. The van der Waals surface area contributed by atoms with Crippen molar-refractivity contribution >= 4 is 17.4 Å². The number of rotatable bonds is 2. The standard InChI is InChI=1S/C10H10N4O2/c1-6-4-13-16-9(6)10(15)14-7-2-3-8(11)12-5-7/h2-5H,1H3,(H2,11,12)(H,14,15). The number of nitrogens with two attached hydrogens (primary N) is 1. The van der Waals surface area contributed by atoms with Crippen molar-refractivity contribution in [2.45, 2.75) is 6.92 Å². The molecule has 0 aromatic carbocycles. The summed E-state index contributed by atoms with van der Waals surface area (Å²) in [5, 5.41) is 6.15. The van der Waals surface area contributed by atoms with E-state index in [0.717, 1.165) is 0 Å². The number of carbonyl (C=O) groups is 1. The van der Waals surface area contributed by atoms with Gasteiger partial charge in [-0.2, -0.15) is 0 Å². The lowest BCUT2D eigenvalue weighted by Gasteiger charge is -2.02. The fourth-order valence-corrected chi connectivity index (χ4v) is 1.18. The minimum Gasteiger partial charge on any atom is -0.384 e. The number of carbonyl (C=O) groups excluding carboxylic acids is 1. The van der Waals surface area contributed by atoms with E-state index in [-0.39, 0.29) is 11.7 Å². The van der Waals surface area contributed by atoms with Gasteiger partial charge < -0.3 is 15.6 Å². The largest absolute Gasteiger partial charge is 0.384 e. The van der Waals surface area contributed by atoms with Gasteiger partial charge in [0, 0.05) is 5.56 Å². The van der Waals surface area contributed by atoms with Crippen molar-refractivity contribution in [1.82, 2.24) is 10.1 Å². The molecule has 0 aliphatic carbocycles. The molecule has 1 amide bonds. The molecule has 0 unspecified atom stereocenters. The summed E-state index contributed by atoms with van der Waals surface area (Å²) in [5.41, 5.74) is 6.66. The number of amides is 1. The average Bonchev–Trinajstić information content (AvgIpc) is 2.68. The first-order valence-electron chi connectivity index (χ1n) is 4.61. The molecule has 0 bridgehead atoms. The van der Waals surface area contributed by atoms with Gasteiger partial charge in [0.15, 0.2) is 0 Å². The van der Waals surface area contributed by atoms with E-state index in [1.54, 1.807) is 19.1 Å². The van der Waals surface area contributed by atoms with Crippen LogP contribution in [0.1, 0.15) is 16.1 Å². The van der Waals surface area contributed by atoms with E-state index < -0.39 is 0 Å². The van der Waals surface area contributed by atoms with Gasteiger partial charge in [0.05, 0.1) is 18.1 Å². The fourth-order valence-electron chi connectivity index (χ4n) is 1.18. The van der Waals surface area contributed by atoms with Crippen molar-refractivity contribution < 1.29 is 9.32 Å². The molecular weight excluding hydrogens is 208 g/mol. The van der Waals surface area contributed by atoms with Crippen LogP contribution in [-0.4, -0.2) is 16.0 Å². The molecule has 0 fully saturated rings. The molecule has 16 heavy (non-hydrogen) atoms. The minimum atomic E-state index is -0.360. The second kappa shape index (κ2) is 4.01. The van der Waals surface area contributed by atoms with Gasteiger partial charge >= 0.3 is 0 Å².